The molecule has 9 heteroatoms. The van der Waals surface area contributed by atoms with Crippen LogP contribution in [-0.2, 0) is 6.42 Å². The molecule has 0 aliphatic rings. The van der Waals surface area contributed by atoms with Gasteiger partial charge in [0.25, 0.3) is 11.2 Å². The summed E-state index contributed by atoms with van der Waals surface area (Å²) >= 11 is 0. The van der Waals surface area contributed by atoms with Crippen LogP contribution in [0.5, 0.6) is 0 Å². The molecule has 1 aromatic heterocycles. The largest absolute Gasteiger partial charge is 0.322 e. The minimum atomic E-state index is -0.564. The third-order valence-electron chi connectivity index (χ3n) is 7.23. The number of nitro groups is 1. The Labute approximate surface area is 243 Å². The maximum Gasteiger partial charge on any atom is 0.322 e. The third kappa shape index (κ3) is 6.05. The van der Waals surface area contributed by atoms with E-state index in [1.165, 1.54) is 24.3 Å². The predicted molar refractivity (Wildman–Crippen MR) is 164 cm³/mol. The fourth-order valence-electron chi connectivity index (χ4n) is 5.01. The summed E-state index contributed by atoms with van der Waals surface area (Å²) in [5, 5.41) is 14.5. The van der Waals surface area contributed by atoms with Crippen LogP contribution < -0.4 is 10.9 Å². The van der Waals surface area contributed by atoms with Gasteiger partial charge in [0, 0.05) is 24.4 Å². The van der Waals surface area contributed by atoms with Gasteiger partial charge in [0.05, 0.1) is 27.6 Å². The highest BCUT2D eigenvalue weighted by Crippen LogP contribution is 2.28. The lowest BCUT2D eigenvalue weighted by Crippen LogP contribution is -2.42. The summed E-state index contributed by atoms with van der Waals surface area (Å²) in [6.07, 6.45) is 1.06. The highest BCUT2D eigenvalue weighted by atomic mass is 16.6. The van der Waals surface area contributed by atoms with Gasteiger partial charge in [-0.2, -0.15) is 0 Å². The number of hydrogen-bond acceptors (Lipinski definition) is 5. The molecule has 4 aromatic carbocycles. The molecule has 1 heterocycles. The summed E-state index contributed by atoms with van der Waals surface area (Å²) in [4.78, 5) is 45.2. The van der Waals surface area contributed by atoms with Crippen LogP contribution in [0.25, 0.3) is 16.6 Å². The first kappa shape index (κ1) is 28.2. The number of carbonyl (C=O) groups is 1. The van der Waals surface area contributed by atoms with Crippen molar-refractivity contribution in [2.24, 2.45) is 0 Å². The Morgan fingerprint density at radius 2 is 1.62 bits per heavy atom. The summed E-state index contributed by atoms with van der Waals surface area (Å²) in [5.41, 5.74) is 3.48. The fourth-order valence-corrected chi connectivity index (χ4v) is 5.01. The predicted octanol–water partition coefficient (Wildman–Crippen LogP) is 6.83. The van der Waals surface area contributed by atoms with E-state index < -0.39 is 17.0 Å². The number of para-hydroxylation sites is 1. The summed E-state index contributed by atoms with van der Waals surface area (Å²) in [5.74, 6) is 0.456. The zero-order valence-electron chi connectivity index (χ0n) is 23.4. The highest BCUT2D eigenvalue weighted by Gasteiger charge is 2.29. The minimum Gasteiger partial charge on any atom is -0.314 e. The summed E-state index contributed by atoms with van der Waals surface area (Å²) in [6, 6.07) is 29.5. The first-order chi connectivity index (χ1) is 20.4. The number of non-ortho nitro benzene ring substituents is 1. The first-order valence-electron chi connectivity index (χ1n) is 13.8. The molecule has 0 aliphatic heterocycles. The lowest BCUT2D eigenvalue weighted by molar-refractivity contribution is -0.384. The van der Waals surface area contributed by atoms with Gasteiger partial charge in [-0.1, -0.05) is 67.1 Å². The van der Waals surface area contributed by atoms with Crippen LogP contribution >= 0.6 is 0 Å². The number of rotatable bonds is 9. The smallest absolute Gasteiger partial charge is 0.314 e. The van der Waals surface area contributed by atoms with Crippen molar-refractivity contribution >= 4 is 28.3 Å². The molecular formula is C33H31N5O4. The summed E-state index contributed by atoms with van der Waals surface area (Å²) < 4.78 is 1.60. The molecule has 9 nitrogen and oxygen atoms in total. The van der Waals surface area contributed by atoms with Crippen LogP contribution in [0.1, 0.15) is 36.3 Å². The molecule has 1 N–H and O–H groups in total. The third-order valence-corrected chi connectivity index (χ3v) is 7.23. The normalized spacial score (nSPS) is 11.7. The zero-order valence-corrected chi connectivity index (χ0v) is 23.4. The number of aryl methyl sites for hydroxylation is 1. The molecule has 0 saturated carbocycles. The molecular weight excluding hydrogens is 530 g/mol. The molecule has 42 heavy (non-hydrogen) atoms. The second kappa shape index (κ2) is 12.5. The van der Waals surface area contributed by atoms with Gasteiger partial charge in [0.15, 0.2) is 0 Å². The van der Waals surface area contributed by atoms with Crippen molar-refractivity contribution in [2.75, 3.05) is 11.9 Å². The Hall–Kier alpha value is -5.31. The average Bonchev–Trinajstić information content (AvgIpc) is 3.00. The molecule has 2 amide bonds. The van der Waals surface area contributed by atoms with Crippen LogP contribution in [0, 0.1) is 17.0 Å². The number of hydrogen-bond donors (Lipinski definition) is 1. The molecule has 0 saturated heterocycles. The lowest BCUT2D eigenvalue weighted by Gasteiger charge is -2.32. The second-order valence-electron chi connectivity index (χ2n) is 10.1. The number of fused-ring (bicyclic) bond motifs is 1. The van der Waals surface area contributed by atoms with Gasteiger partial charge >= 0.3 is 6.03 Å². The quantitative estimate of drug-likeness (QED) is 0.157. The van der Waals surface area contributed by atoms with E-state index in [-0.39, 0.29) is 11.2 Å². The first-order valence-corrected chi connectivity index (χ1v) is 13.8. The van der Waals surface area contributed by atoms with Crippen molar-refractivity contribution in [3.8, 4) is 5.69 Å². The maximum atomic E-state index is 14.0. The van der Waals surface area contributed by atoms with E-state index in [2.05, 4.69) is 5.32 Å². The SMILES string of the molecule is CCC(c1nc2ccccc2c(=O)n1-c1ccc(C)cc1)N(CCc1ccccc1)C(=O)Nc1ccc([N+](=O)[O-])cc1. The van der Waals surface area contributed by atoms with Crippen molar-refractivity contribution in [3.63, 3.8) is 0 Å². The Balaban J connectivity index is 1.61. The van der Waals surface area contributed by atoms with Gasteiger partial charge in [-0.25, -0.2) is 9.78 Å². The van der Waals surface area contributed by atoms with E-state index in [1.807, 2.05) is 80.6 Å². The van der Waals surface area contributed by atoms with Gasteiger partial charge in [0.1, 0.15) is 5.82 Å². The van der Waals surface area contributed by atoms with Gasteiger partial charge in [-0.3, -0.25) is 19.5 Å². The van der Waals surface area contributed by atoms with Gasteiger partial charge in [-0.05, 0) is 61.7 Å². The van der Waals surface area contributed by atoms with Gasteiger partial charge in [0.2, 0.25) is 0 Å². The number of aromatic nitrogens is 2. The fraction of sp³-hybridized carbons (Fsp3) is 0.182. The summed E-state index contributed by atoms with van der Waals surface area (Å²) in [6.45, 7) is 4.28. The highest BCUT2D eigenvalue weighted by molar-refractivity contribution is 5.90. The zero-order chi connectivity index (χ0) is 29.6. The number of nitrogens with one attached hydrogen (secondary N) is 1. The number of nitro benzene ring substituents is 1. The van der Waals surface area contributed by atoms with Crippen LogP contribution in [0.2, 0.25) is 0 Å². The molecule has 0 spiro atoms. The van der Waals surface area contributed by atoms with Crippen molar-refractivity contribution in [2.45, 2.75) is 32.7 Å². The van der Waals surface area contributed by atoms with Crippen molar-refractivity contribution in [1.82, 2.24) is 14.5 Å². The Morgan fingerprint density at radius 3 is 2.29 bits per heavy atom. The molecule has 5 rings (SSSR count). The molecule has 5 aromatic rings. The molecule has 0 aliphatic carbocycles. The maximum absolute atomic E-state index is 14.0. The topological polar surface area (TPSA) is 110 Å². The Bertz CT molecular complexity index is 1770. The van der Waals surface area contributed by atoms with E-state index in [4.69, 9.17) is 4.98 Å². The standard InChI is InChI=1S/C33H31N5O4/c1-3-30(31-35-29-12-8-7-11-28(29)32(39)37(31)26-17-13-23(2)14-18-26)36(22-21-24-9-5-4-6-10-24)33(40)34-25-15-19-27(20-16-25)38(41)42/h4-20,30H,3,21-22H2,1-2H3,(H,34,40). The molecule has 212 valence electrons. The van der Waals surface area contributed by atoms with Crippen LogP contribution in [0.4, 0.5) is 16.2 Å². The molecule has 1 atom stereocenters. The van der Waals surface area contributed by atoms with E-state index in [0.717, 1.165) is 11.1 Å². The number of benzene rings is 4. The Kier molecular flexibility index (Phi) is 8.38. The molecule has 1 unspecified atom stereocenters. The van der Waals surface area contributed by atoms with E-state index in [0.29, 0.717) is 47.5 Å². The number of carbonyl (C=O) groups excluding carboxylic acids is 1. The number of amides is 2. The minimum absolute atomic E-state index is 0.0668. The van der Waals surface area contributed by atoms with E-state index in [1.54, 1.807) is 21.6 Å². The molecule has 0 radical (unpaired) electrons. The van der Waals surface area contributed by atoms with E-state index >= 15 is 0 Å². The lowest BCUT2D eigenvalue weighted by atomic mass is 10.1. The van der Waals surface area contributed by atoms with Crippen molar-refractivity contribution in [1.29, 1.82) is 0 Å². The molecule has 0 fully saturated rings. The second-order valence-corrected chi connectivity index (χ2v) is 10.1. The van der Waals surface area contributed by atoms with Crippen molar-refractivity contribution < 1.29 is 9.72 Å². The van der Waals surface area contributed by atoms with Crippen LogP contribution in [-0.4, -0.2) is 32.0 Å². The molecule has 0 bridgehead atoms. The van der Waals surface area contributed by atoms with Crippen LogP contribution in [0.3, 0.4) is 0 Å². The van der Waals surface area contributed by atoms with Gasteiger partial charge in [-0.15, -0.1) is 0 Å². The average molecular weight is 562 g/mol. The monoisotopic (exact) mass is 561 g/mol. The van der Waals surface area contributed by atoms with Gasteiger partial charge < -0.3 is 10.2 Å². The summed E-state index contributed by atoms with van der Waals surface area (Å²) in [7, 11) is 0. The van der Waals surface area contributed by atoms with E-state index in [9.17, 15) is 19.7 Å². The van der Waals surface area contributed by atoms with Crippen molar-refractivity contribution in [3.05, 3.63) is 141 Å². The number of nitrogens with zero attached hydrogens (tertiary/aromatic N) is 4. The number of urea groups is 1. The van der Waals surface area contributed by atoms with Crippen LogP contribution in [0.15, 0.2) is 108 Å². The number of anilines is 1. The Morgan fingerprint density at radius 1 is 0.952 bits per heavy atom.